The van der Waals surface area contributed by atoms with Gasteiger partial charge < -0.3 is 4.90 Å². The number of hydrogen-bond donors (Lipinski definition) is 0. The molecule has 106 valence electrons. The van der Waals surface area contributed by atoms with Crippen molar-refractivity contribution in [2.45, 2.75) is 52.1 Å². The Morgan fingerprint density at radius 3 is 2.63 bits per heavy atom. The van der Waals surface area contributed by atoms with E-state index in [1.807, 2.05) is 14.1 Å². The highest BCUT2D eigenvalue weighted by atomic mass is 15.2. The van der Waals surface area contributed by atoms with Crippen LogP contribution in [0.3, 0.4) is 0 Å². The van der Waals surface area contributed by atoms with Crippen LogP contribution in [0.2, 0.25) is 0 Å². The largest absolute Gasteiger partial charge is 0.363 e. The number of pyridine rings is 1. The first kappa shape index (κ1) is 14.3. The molecule has 3 nitrogen and oxygen atoms in total. The lowest BCUT2D eigenvalue weighted by atomic mass is 9.92. The summed E-state index contributed by atoms with van der Waals surface area (Å²) in [5.41, 5.74) is 2.79. The summed E-state index contributed by atoms with van der Waals surface area (Å²) in [5, 5.41) is 0. The van der Waals surface area contributed by atoms with Crippen LogP contribution in [0.25, 0.3) is 0 Å². The summed E-state index contributed by atoms with van der Waals surface area (Å²) in [7, 11) is 4.09. The molecule has 0 amide bonds. The van der Waals surface area contributed by atoms with Gasteiger partial charge in [0.25, 0.3) is 0 Å². The Morgan fingerprint density at radius 2 is 2.05 bits per heavy atom. The predicted molar refractivity (Wildman–Crippen MR) is 81.7 cm³/mol. The molecule has 1 unspecified atom stereocenters. The van der Waals surface area contributed by atoms with Gasteiger partial charge in [0.05, 0.1) is 0 Å². The summed E-state index contributed by atoms with van der Waals surface area (Å²) in [4.78, 5) is 9.30. The molecule has 1 saturated heterocycles. The second-order valence-corrected chi connectivity index (χ2v) is 6.14. The highest BCUT2D eigenvalue weighted by Gasteiger charge is 2.27. The van der Waals surface area contributed by atoms with Crippen LogP contribution in [0.4, 0.5) is 5.82 Å². The van der Waals surface area contributed by atoms with Crippen LogP contribution >= 0.6 is 0 Å². The fourth-order valence-electron chi connectivity index (χ4n) is 3.05. The highest BCUT2D eigenvalue weighted by Crippen LogP contribution is 2.34. The van der Waals surface area contributed by atoms with Crippen molar-refractivity contribution >= 4 is 5.82 Å². The molecule has 1 atom stereocenters. The third-order valence-electron chi connectivity index (χ3n) is 4.16. The number of anilines is 1. The summed E-state index contributed by atoms with van der Waals surface area (Å²) < 4.78 is 0. The molecule has 0 radical (unpaired) electrons. The zero-order chi connectivity index (χ0) is 14.0. The van der Waals surface area contributed by atoms with E-state index < -0.39 is 0 Å². The molecule has 0 aromatic carbocycles. The topological polar surface area (TPSA) is 19.4 Å². The van der Waals surface area contributed by atoms with Crippen molar-refractivity contribution in [2.75, 3.05) is 25.5 Å². The minimum atomic E-state index is 0.553. The summed E-state index contributed by atoms with van der Waals surface area (Å²) in [6.07, 6.45) is 6.03. The lowest BCUT2D eigenvalue weighted by molar-refractivity contribution is 0.111. The average Bonchev–Trinajstić information content (AvgIpc) is 2.38. The molecule has 0 spiro atoms. The van der Waals surface area contributed by atoms with E-state index in [0.717, 1.165) is 5.82 Å². The lowest BCUT2D eigenvalue weighted by Crippen LogP contribution is -2.38. The van der Waals surface area contributed by atoms with Crippen LogP contribution < -0.4 is 4.90 Å². The third-order valence-corrected chi connectivity index (χ3v) is 4.16. The van der Waals surface area contributed by atoms with Crippen molar-refractivity contribution in [1.29, 1.82) is 0 Å². The van der Waals surface area contributed by atoms with Crippen molar-refractivity contribution in [3.05, 3.63) is 23.4 Å². The molecule has 0 saturated carbocycles. The van der Waals surface area contributed by atoms with Gasteiger partial charge in [-0.05, 0) is 57.4 Å². The normalized spacial score (nSPS) is 20.8. The molecule has 0 aliphatic carbocycles. The lowest BCUT2D eigenvalue weighted by Gasteiger charge is -2.39. The molecule has 3 heteroatoms. The second kappa shape index (κ2) is 5.91. The SMILES string of the molecule is Cc1cc(N(C)C)ncc1C1CCCCN1C(C)C. The van der Waals surface area contributed by atoms with Crippen LogP contribution in [-0.2, 0) is 0 Å². The van der Waals surface area contributed by atoms with E-state index in [-0.39, 0.29) is 0 Å². The number of nitrogens with zero attached hydrogens (tertiary/aromatic N) is 3. The Morgan fingerprint density at radius 1 is 1.32 bits per heavy atom. The zero-order valence-electron chi connectivity index (χ0n) is 13.0. The first-order valence-electron chi connectivity index (χ1n) is 7.40. The van der Waals surface area contributed by atoms with Crippen molar-refractivity contribution in [3.63, 3.8) is 0 Å². The number of rotatable bonds is 3. The van der Waals surface area contributed by atoms with Gasteiger partial charge in [-0.25, -0.2) is 4.98 Å². The summed E-state index contributed by atoms with van der Waals surface area (Å²) >= 11 is 0. The van der Waals surface area contributed by atoms with Gasteiger partial charge in [-0.15, -0.1) is 0 Å². The van der Waals surface area contributed by atoms with E-state index in [2.05, 4.69) is 47.8 Å². The van der Waals surface area contributed by atoms with Crippen LogP contribution in [0, 0.1) is 6.92 Å². The molecule has 1 aliphatic rings. The summed E-state index contributed by atoms with van der Waals surface area (Å²) in [6, 6.07) is 3.37. The molecule has 1 aliphatic heterocycles. The quantitative estimate of drug-likeness (QED) is 0.831. The van der Waals surface area contributed by atoms with Gasteiger partial charge in [0.15, 0.2) is 0 Å². The molecule has 1 aromatic rings. The first-order valence-corrected chi connectivity index (χ1v) is 7.40. The number of likely N-dealkylation sites (tertiary alicyclic amines) is 1. The molecule has 2 rings (SSSR count). The molecule has 1 fully saturated rings. The van der Waals surface area contributed by atoms with E-state index in [4.69, 9.17) is 0 Å². The van der Waals surface area contributed by atoms with E-state index in [0.29, 0.717) is 12.1 Å². The number of aryl methyl sites for hydroxylation is 1. The molecule has 2 heterocycles. The summed E-state index contributed by atoms with van der Waals surface area (Å²) in [6.45, 7) is 8.04. The summed E-state index contributed by atoms with van der Waals surface area (Å²) in [5.74, 6) is 1.05. The van der Waals surface area contributed by atoms with Gasteiger partial charge >= 0.3 is 0 Å². The van der Waals surface area contributed by atoms with Crippen molar-refractivity contribution in [3.8, 4) is 0 Å². The molecule has 19 heavy (non-hydrogen) atoms. The first-order chi connectivity index (χ1) is 9.00. The van der Waals surface area contributed by atoms with Gasteiger partial charge in [-0.3, -0.25) is 4.90 Å². The predicted octanol–water partition coefficient (Wildman–Crippen LogP) is 3.39. The fraction of sp³-hybridized carbons (Fsp3) is 0.688. The Hall–Kier alpha value is -1.09. The van der Waals surface area contributed by atoms with Gasteiger partial charge in [0, 0.05) is 32.4 Å². The molecular formula is C16H27N3. The van der Waals surface area contributed by atoms with Gasteiger partial charge in [0.2, 0.25) is 0 Å². The standard InChI is InChI=1S/C16H27N3/c1-12(2)19-9-7-6-8-15(19)14-11-17-16(18(4)5)10-13(14)3/h10-12,15H,6-9H2,1-5H3. The van der Waals surface area contributed by atoms with Crippen LogP contribution in [0.5, 0.6) is 0 Å². The fourth-order valence-corrected chi connectivity index (χ4v) is 3.05. The van der Waals surface area contributed by atoms with E-state index in [1.54, 1.807) is 0 Å². The van der Waals surface area contributed by atoms with E-state index in [1.165, 1.54) is 36.9 Å². The van der Waals surface area contributed by atoms with Gasteiger partial charge in [-0.1, -0.05) is 6.42 Å². The Kier molecular flexibility index (Phi) is 4.46. The maximum absolute atomic E-state index is 4.61. The van der Waals surface area contributed by atoms with E-state index >= 15 is 0 Å². The van der Waals surface area contributed by atoms with Gasteiger partial charge in [0.1, 0.15) is 5.82 Å². The minimum Gasteiger partial charge on any atom is -0.363 e. The minimum absolute atomic E-state index is 0.553. The molecule has 1 aromatic heterocycles. The van der Waals surface area contributed by atoms with Crippen molar-refractivity contribution < 1.29 is 0 Å². The van der Waals surface area contributed by atoms with Gasteiger partial charge in [-0.2, -0.15) is 0 Å². The zero-order valence-corrected chi connectivity index (χ0v) is 13.0. The maximum Gasteiger partial charge on any atom is 0.128 e. The van der Waals surface area contributed by atoms with E-state index in [9.17, 15) is 0 Å². The van der Waals surface area contributed by atoms with Crippen LogP contribution in [0.1, 0.15) is 50.3 Å². The van der Waals surface area contributed by atoms with Crippen LogP contribution in [-0.4, -0.2) is 36.6 Å². The highest BCUT2D eigenvalue weighted by molar-refractivity contribution is 5.42. The Bertz CT molecular complexity index is 426. The molecule has 0 bridgehead atoms. The molecular weight excluding hydrogens is 234 g/mol. The average molecular weight is 261 g/mol. The Balaban J connectivity index is 2.29. The molecule has 0 N–H and O–H groups in total. The monoisotopic (exact) mass is 261 g/mol. The third kappa shape index (κ3) is 3.08. The second-order valence-electron chi connectivity index (χ2n) is 6.14. The number of piperidine rings is 1. The smallest absolute Gasteiger partial charge is 0.128 e. The number of aromatic nitrogens is 1. The van der Waals surface area contributed by atoms with Crippen molar-refractivity contribution in [2.24, 2.45) is 0 Å². The maximum atomic E-state index is 4.61. The Labute approximate surface area is 117 Å². The van der Waals surface area contributed by atoms with Crippen LogP contribution in [0.15, 0.2) is 12.3 Å². The van der Waals surface area contributed by atoms with Crippen molar-refractivity contribution in [1.82, 2.24) is 9.88 Å². The number of hydrogen-bond acceptors (Lipinski definition) is 3.